The quantitative estimate of drug-likeness (QED) is 0.744. The number of anilines is 1. The number of nitrogens with one attached hydrogen (secondary N) is 1. The first-order valence-corrected chi connectivity index (χ1v) is 7.63. The van der Waals surface area contributed by atoms with Gasteiger partial charge in [-0.25, -0.2) is 0 Å². The van der Waals surface area contributed by atoms with E-state index >= 15 is 0 Å². The van der Waals surface area contributed by atoms with Gasteiger partial charge in [0.25, 0.3) is 0 Å². The number of hydrogen-bond acceptors (Lipinski definition) is 1. The molecule has 1 rings (SSSR count). The summed E-state index contributed by atoms with van der Waals surface area (Å²) in [5.74, 6) is 0. The van der Waals surface area contributed by atoms with Crippen molar-refractivity contribution >= 4 is 16.8 Å². The van der Waals surface area contributed by atoms with Crippen LogP contribution >= 0.6 is 11.1 Å². The Labute approximate surface area is 96.8 Å². The molecule has 1 aromatic rings. The van der Waals surface area contributed by atoms with E-state index in [-0.39, 0.29) is 11.1 Å². The Bertz CT molecular complexity index is 295. The summed E-state index contributed by atoms with van der Waals surface area (Å²) in [4.78, 5) is 0. The minimum atomic E-state index is -0.0632. The van der Waals surface area contributed by atoms with Crippen molar-refractivity contribution in [1.82, 2.24) is 0 Å². The maximum atomic E-state index is 3.46. The first-order valence-electron chi connectivity index (χ1n) is 5.40. The van der Waals surface area contributed by atoms with Crippen LogP contribution < -0.4 is 4.72 Å². The van der Waals surface area contributed by atoms with Gasteiger partial charge in [0.2, 0.25) is 0 Å². The molecule has 1 aromatic carbocycles. The molecule has 0 heterocycles. The normalized spacial score (nSPS) is 12.5. The fraction of sp³-hybridized carbons (Fsp3) is 0.538. The Kier molecular flexibility index (Phi) is 4.09. The largest absolute Gasteiger partial charge is 0.350 e. The van der Waals surface area contributed by atoms with Gasteiger partial charge < -0.3 is 4.72 Å². The van der Waals surface area contributed by atoms with Gasteiger partial charge in [0, 0.05) is 5.69 Å². The van der Waals surface area contributed by atoms with Crippen molar-refractivity contribution in [3.8, 4) is 0 Å². The molecule has 0 radical (unpaired) electrons. The van der Waals surface area contributed by atoms with Crippen molar-refractivity contribution in [2.24, 2.45) is 5.41 Å². The number of rotatable bonds is 3. The van der Waals surface area contributed by atoms with Gasteiger partial charge in [-0.2, -0.15) is 11.1 Å². The van der Waals surface area contributed by atoms with Crippen LogP contribution in [0.15, 0.2) is 24.3 Å². The lowest BCUT2D eigenvalue weighted by molar-refractivity contribution is 0.411. The zero-order valence-electron chi connectivity index (χ0n) is 10.5. The SMILES string of the molecule is C[SH](C)Nc1ccc(CC(C)(C)C)cc1. The van der Waals surface area contributed by atoms with Gasteiger partial charge in [0.05, 0.1) is 0 Å². The van der Waals surface area contributed by atoms with Gasteiger partial charge in [-0.05, 0) is 42.0 Å². The van der Waals surface area contributed by atoms with Crippen LogP contribution in [-0.2, 0) is 6.42 Å². The fourth-order valence-electron chi connectivity index (χ4n) is 1.57. The standard InChI is InChI=1S/C13H23NS/c1-13(2,3)10-11-6-8-12(9-7-11)14-15(4)5/h6-9,14-15H,10H2,1-5H3. The van der Waals surface area contributed by atoms with Crippen molar-refractivity contribution in [3.05, 3.63) is 29.8 Å². The Balaban J connectivity index is 2.64. The molecular weight excluding hydrogens is 202 g/mol. The van der Waals surface area contributed by atoms with E-state index in [4.69, 9.17) is 0 Å². The Morgan fingerprint density at radius 1 is 1.07 bits per heavy atom. The molecule has 86 valence electrons. The van der Waals surface area contributed by atoms with E-state index in [0.717, 1.165) is 6.42 Å². The molecule has 2 heteroatoms. The molecule has 15 heavy (non-hydrogen) atoms. The monoisotopic (exact) mass is 225 g/mol. The summed E-state index contributed by atoms with van der Waals surface area (Å²) in [6.45, 7) is 6.82. The topological polar surface area (TPSA) is 12.0 Å². The maximum absolute atomic E-state index is 3.46. The Morgan fingerprint density at radius 2 is 1.60 bits per heavy atom. The van der Waals surface area contributed by atoms with Crippen LogP contribution in [0.3, 0.4) is 0 Å². The molecule has 0 amide bonds. The molecule has 0 aliphatic rings. The third-order valence-electron chi connectivity index (χ3n) is 2.04. The van der Waals surface area contributed by atoms with Crippen LogP contribution in [0.1, 0.15) is 26.3 Å². The van der Waals surface area contributed by atoms with Gasteiger partial charge in [0.15, 0.2) is 0 Å². The molecule has 0 unspecified atom stereocenters. The van der Waals surface area contributed by atoms with Gasteiger partial charge >= 0.3 is 0 Å². The Morgan fingerprint density at radius 3 is 2.00 bits per heavy atom. The number of benzene rings is 1. The van der Waals surface area contributed by atoms with Crippen molar-refractivity contribution in [2.75, 3.05) is 17.2 Å². The first-order chi connectivity index (χ1) is 6.87. The fourth-order valence-corrected chi connectivity index (χ4v) is 2.23. The average molecular weight is 225 g/mol. The van der Waals surface area contributed by atoms with Crippen LogP contribution in [0, 0.1) is 5.41 Å². The van der Waals surface area contributed by atoms with E-state index in [9.17, 15) is 0 Å². The van der Waals surface area contributed by atoms with E-state index in [1.807, 2.05) is 0 Å². The molecule has 0 aromatic heterocycles. The second-order valence-electron chi connectivity index (χ2n) is 5.44. The highest BCUT2D eigenvalue weighted by Crippen LogP contribution is 2.23. The molecule has 0 spiro atoms. The summed E-state index contributed by atoms with van der Waals surface area (Å²) < 4.78 is 3.46. The van der Waals surface area contributed by atoms with Crippen LogP contribution in [0.5, 0.6) is 0 Å². The number of hydrogen-bond donors (Lipinski definition) is 2. The lowest BCUT2D eigenvalue weighted by Crippen LogP contribution is -2.08. The summed E-state index contributed by atoms with van der Waals surface area (Å²) in [5.41, 5.74) is 3.03. The van der Waals surface area contributed by atoms with E-state index in [2.05, 4.69) is 62.3 Å². The van der Waals surface area contributed by atoms with E-state index < -0.39 is 0 Å². The zero-order chi connectivity index (χ0) is 11.5. The van der Waals surface area contributed by atoms with Crippen molar-refractivity contribution in [3.63, 3.8) is 0 Å². The third-order valence-corrected chi connectivity index (χ3v) is 2.75. The van der Waals surface area contributed by atoms with E-state index in [0.29, 0.717) is 5.41 Å². The lowest BCUT2D eigenvalue weighted by Gasteiger charge is -2.19. The Hall–Kier alpha value is -0.630. The molecule has 0 aliphatic heterocycles. The summed E-state index contributed by atoms with van der Waals surface area (Å²) >= 11 is -0.0632. The second-order valence-corrected chi connectivity index (χ2v) is 7.45. The molecular formula is C13H23NS. The van der Waals surface area contributed by atoms with E-state index in [1.165, 1.54) is 11.3 Å². The van der Waals surface area contributed by atoms with Crippen molar-refractivity contribution in [2.45, 2.75) is 27.2 Å². The van der Waals surface area contributed by atoms with Crippen LogP contribution in [0.2, 0.25) is 0 Å². The maximum Gasteiger partial charge on any atom is 0.0424 e. The third kappa shape index (κ3) is 5.12. The van der Waals surface area contributed by atoms with Crippen LogP contribution in [0.25, 0.3) is 0 Å². The molecule has 1 nitrogen and oxygen atoms in total. The first kappa shape index (κ1) is 12.4. The van der Waals surface area contributed by atoms with Gasteiger partial charge in [-0.15, -0.1) is 0 Å². The summed E-state index contributed by atoms with van der Waals surface area (Å²) in [7, 11) is 0. The summed E-state index contributed by atoms with van der Waals surface area (Å²) in [6.07, 6.45) is 5.58. The second kappa shape index (κ2) is 4.93. The van der Waals surface area contributed by atoms with E-state index in [1.54, 1.807) is 0 Å². The van der Waals surface area contributed by atoms with Crippen LogP contribution in [-0.4, -0.2) is 12.5 Å². The highest BCUT2D eigenvalue weighted by atomic mass is 32.2. The molecule has 0 bridgehead atoms. The number of thiol groups is 1. The molecule has 1 N–H and O–H groups in total. The average Bonchev–Trinajstić information content (AvgIpc) is 2.05. The van der Waals surface area contributed by atoms with Crippen LogP contribution in [0.4, 0.5) is 5.69 Å². The smallest absolute Gasteiger partial charge is 0.0424 e. The van der Waals surface area contributed by atoms with Gasteiger partial charge in [-0.3, -0.25) is 0 Å². The molecule has 0 aliphatic carbocycles. The van der Waals surface area contributed by atoms with Gasteiger partial charge in [0.1, 0.15) is 0 Å². The molecule has 0 saturated carbocycles. The molecule has 0 atom stereocenters. The predicted octanol–water partition coefficient (Wildman–Crippen LogP) is 3.86. The van der Waals surface area contributed by atoms with Crippen molar-refractivity contribution in [1.29, 1.82) is 0 Å². The summed E-state index contributed by atoms with van der Waals surface area (Å²) in [6, 6.07) is 8.83. The minimum absolute atomic E-state index is 0.0632. The van der Waals surface area contributed by atoms with Gasteiger partial charge in [-0.1, -0.05) is 32.9 Å². The highest BCUT2D eigenvalue weighted by molar-refractivity contribution is 8.16. The molecule has 0 fully saturated rings. The lowest BCUT2D eigenvalue weighted by atomic mass is 9.88. The zero-order valence-corrected chi connectivity index (χ0v) is 11.4. The predicted molar refractivity (Wildman–Crippen MR) is 74.1 cm³/mol. The highest BCUT2D eigenvalue weighted by Gasteiger charge is 2.10. The minimum Gasteiger partial charge on any atom is -0.350 e. The molecule has 0 saturated heterocycles. The summed E-state index contributed by atoms with van der Waals surface area (Å²) in [5, 5.41) is 0. The van der Waals surface area contributed by atoms with Crippen molar-refractivity contribution < 1.29 is 0 Å².